The number of carbonyl (C=O) groups is 3. The van der Waals surface area contributed by atoms with Gasteiger partial charge in [-0.3, -0.25) is 14.4 Å². The van der Waals surface area contributed by atoms with Crippen molar-refractivity contribution in [1.82, 2.24) is 19.8 Å². The third kappa shape index (κ3) is 5.73. The Bertz CT molecular complexity index is 1360. The number of likely N-dealkylation sites (N-methyl/N-ethyl adjacent to an activating group) is 1. The SMILES string of the molecule is CCN([C@H](C(=O)N1C[C@H]2[C@@H]([C@H]1C(=O)N[C@H](C#N)C[C@@H]1CCNC1=O)C2(C)C)C(C)(C)C)S(=O)(=O)c1ccc(OC)cc1. The largest absolute Gasteiger partial charge is 0.497 e. The third-order valence-corrected chi connectivity index (χ3v) is 11.2. The van der Waals surface area contributed by atoms with E-state index < -0.39 is 45.4 Å². The summed E-state index contributed by atoms with van der Waals surface area (Å²) < 4.78 is 34.2. The lowest BCUT2D eigenvalue weighted by molar-refractivity contribution is -0.146. The van der Waals surface area contributed by atoms with Crippen LogP contribution < -0.4 is 15.4 Å². The zero-order valence-corrected chi connectivity index (χ0v) is 26.3. The number of nitriles is 1. The molecule has 11 nitrogen and oxygen atoms in total. The summed E-state index contributed by atoms with van der Waals surface area (Å²) in [4.78, 5) is 41.9. The average Bonchev–Trinajstić information content (AvgIpc) is 3.27. The Morgan fingerprint density at radius 3 is 2.40 bits per heavy atom. The van der Waals surface area contributed by atoms with E-state index in [1.54, 1.807) is 19.1 Å². The highest BCUT2D eigenvalue weighted by Gasteiger charge is 2.70. The second kappa shape index (κ2) is 11.5. The molecule has 230 valence electrons. The second-order valence-electron chi connectivity index (χ2n) is 13.2. The van der Waals surface area contributed by atoms with Crippen molar-refractivity contribution < 1.29 is 27.5 Å². The molecule has 0 bridgehead atoms. The van der Waals surface area contributed by atoms with Crippen molar-refractivity contribution in [3.63, 3.8) is 0 Å². The summed E-state index contributed by atoms with van der Waals surface area (Å²) in [7, 11) is -2.59. The topological polar surface area (TPSA) is 149 Å². The van der Waals surface area contributed by atoms with Crippen LogP contribution in [0.5, 0.6) is 5.75 Å². The first-order valence-corrected chi connectivity index (χ1v) is 16.0. The van der Waals surface area contributed by atoms with Gasteiger partial charge in [0.15, 0.2) is 0 Å². The van der Waals surface area contributed by atoms with Crippen LogP contribution in [0, 0.1) is 39.9 Å². The van der Waals surface area contributed by atoms with Gasteiger partial charge in [-0.1, -0.05) is 41.5 Å². The fourth-order valence-electron chi connectivity index (χ4n) is 6.83. The maximum absolute atomic E-state index is 14.4. The monoisotopic (exact) mass is 601 g/mol. The van der Waals surface area contributed by atoms with E-state index in [0.29, 0.717) is 25.3 Å². The molecule has 3 amide bonds. The highest BCUT2D eigenvalue weighted by atomic mass is 32.2. The summed E-state index contributed by atoms with van der Waals surface area (Å²) >= 11 is 0. The molecule has 0 unspecified atom stereocenters. The van der Waals surface area contributed by atoms with Crippen LogP contribution >= 0.6 is 0 Å². The van der Waals surface area contributed by atoms with Crippen molar-refractivity contribution in [1.29, 1.82) is 5.26 Å². The number of hydrogen-bond donors (Lipinski definition) is 2. The van der Waals surface area contributed by atoms with Gasteiger partial charge in [-0.05, 0) is 59.8 Å². The highest BCUT2D eigenvalue weighted by Crippen LogP contribution is 2.65. The molecule has 1 saturated carbocycles. The Balaban J connectivity index is 1.63. The first-order valence-electron chi connectivity index (χ1n) is 14.5. The number of sulfonamides is 1. The summed E-state index contributed by atoms with van der Waals surface area (Å²) in [6.07, 6.45) is 0.794. The number of methoxy groups -OCH3 is 1. The zero-order valence-electron chi connectivity index (χ0n) is 25.5. The Kier molecular flexibility index (Phi) is 8.69. The van der Waals surface area contributed by atoms with E-state index >= 15 is 0 Å². The van der Waals surface area contributed by atoms with Gasteiger partial charge >= 0.3 is 0 Å². The van der Waals surface area contributed by atoms with Crippen LogP contribution in [0.1, 0.15) is 54.4 Å². The van der Waals surface area contributed by atoms with Crippen molar-refractivity contribution in [3.05, 3.63) is 24.3 Å². The van der Waals surface area contributed by atoms with E-state index in [4.69, 9.17) is 4.74 Å². The number of nitrogens with one attached hydrogen (secondary N) is 2. The molecule has 2 aliphatic heterocycles. The lowest BCUT2D eigenvalue weighted by atomic mass is 9.85. The Morgan fingerprint density at radius 1 is 1.26 bits per heavy atom. The van der Waals surface area contributed by atoms with Crippen LogP contribution in [0.25, 0.3) is 0 Å². The standard InChI is InChI=1S/C30H43N5O6S/c1-8-35(42(39,40)21-11-9-20(41-7)10-12-21)25(29(2,3)4)28(38)34-17-22-23(30(22,5)6)24(34)27(37)33-19(16-31)15-18-13-14-32-26(18)36/h9-12,18-19,22-25H,8,13-15,17H2,1-7H3,(H,32,36)(H,33,37)/t18-,19-,22-,23-,24-,25+/m0/s1. The normalized spacial score (nSPS) is 26.2. The van der Waals surface area contributed by atoms with E-state index in [2.05, 4.69) is 30.6 Å². The predicted octanol–water partition coefficient (Wildman–Crippen LogP) is 2.14. The smallest absolute Gasteiger partial charge is 0.244 e. The van der Waals surface area contributed by atoms with Crippen LogP contribution in [0.3, 0.4) is 0 Å². The highest BCUT2D eigenvalue weighted by molar-refractivity contribution is 7.89. The van der Waals surface area contributed by atoms with Gasteiger partial charge < -0.3 is 20.3 Å². The molecule has 2 N–H and O–H groups in total. The van der Waals surface area contributed by atoms with E-state index in [0.717, 1.165) is 0 Å². The lowest BCUT2D eigenvalue weighted by Crippen LogP contribution is -2.60. The number of benzene rings is 1. The van der Waals surface area contributed by atoms with Crippen molar-refractivity contribution >= 4 is 27.7 Å². The van der Waals surface area contributed by atoms with E-state index in [1.165, 1.54) is 28.4 Å². The number of ether oxygens (including phenoxy) is 1. The summed E-state index contributed by atoms with van der Waals surface area (Å²) in [6, 6.07) is 5.32. The number of fused-ring (bicyclic) bond motifs is 1. The van der Waals surface area contributed by atoms with Crippen molar-refractivity contribution in [2.24, 2.45) is 28.6 Å². The van der Waals surface area contributed by atoms with Crippen LogP contribution in [0.2, 0.25) is 0 Å². The number of carbonyl (C=O) groups excluding carboxylic acids is 3. The molecule has 42 heavy (non-hydrogen) atoms. The van der Waals surface area contributed by atoms with Gasteiger partial charge in [0.25, 0.3) is 0 Å². The third-order valence-electron chi connectivity index (χ3n) is 9.24. The molecule has 0 aromatic heterocycles. The molecule has 2 saturated heterocycles. The van der Waals surface area contributed by atoms with Gasteiger partial charge in [-0.25, -0.2) is 8.42 Å². The van der Waals surface area contributed by atoms with Crippen LogP contribution in [-0.2, 0) is 24.4 Å². The molecule has 12 heteroatoms. The minimum absolute atomic E-state index is 0.0414. The number of likely N-dealkylation sites (tertiary alicyclic amines) is 1. The zero-order chi connectivity index (χ0) is 31.2. The summed E-state index contributed by atoms with van der Waals surface area (Å²) in [5, 5.41) is 15.3. The van der Waals surface area contributed by atoms with Gasteiger partial charge in [-0.15, -0.1) is 0 Å². The number of nitrogens with zero attached hydrogens (tertiary/aromatic N) is 3. The predicted molar refractivity (Wildman–Crippen MR) is 155 cm³/mol. The van der Waals surface area contributed by atoms with Gasteiger partial charge in [-0.2, -0.15) is 9.57 Å². The van der Waals surface area contributed by atoms with Crippen LogP contribution in [0.4, 0.5) is 0 Å². The summed E-state index contributed by atoms with van der Waals surface area (Å²) in [5.41, 5.74) is -0.982. The fraction of sp³-hybridized carbons (Fsp3) is 0.667. The van der Waals surface area contributed by atoms with Crippen molar-refractivity contribution in [2.45, 2.75) is 77.4 Å². The van der Waals surface area contributed by atoms with Crippen LogP contribution in [-0.4, -0.2) is 80.2 Å². The first kappa shape index (κ1) is 31.8. The molecule has 1 aromatic carbocycles. The van der Waals surface area contributed by atoms with Gasteiger partial charge in [0, 0.05) is 25.6 Å². The van der Waals surface area contributed by atoms with Gasteiger partial charge in [0.05, 0.1) is 18.1 Å². The Morgan fingerprint density at radius 2 is 1.90 bits per heavy atom. The Labute approximate surface area is 249 Å². The van der Waals surface area contributed by atoms with E-state index in [1.807, 2.05) is 20.8 Å². The Hall–Kier alpha value is -3.17. The molecule has 3 fully saturated rings. The van der Waals surface area contributed by atoms with Gasteiger partial charge in [0.1, 0.15) is 23.9 Å². The average molecular weight is 602 g/mol. The first-order chi connectivity index (χ1) is 19.6. The molecule has 1 aliphatic carbocycles. The molecular weight excluding hydrogens is 558 g/mol. The van der Waals surface area contributed by atoms with E-state index in [9.17, 15) is 28.1 Å². The van der Waals surface area contributed by atoms with Gasteiger partial charge in [0.2, 0.25) is 27.7 Å². The summed E-state index contributed by atoms with van der Waals surface area (Å²) in [5.74, 6) is -0.897. The maximum Gasteiger partial charge on any atom is 0.244 e. The maximum atomic E-state index is 14.4. The molecular formula is C30H43N5O6S. The molecule has 0 spiro atoms. The molecule has 4 rings (SSSR count). The summed E-state index contributed by atoms with van der Waals surface area (Å²) in [6.45, 7) is 12.2. The van der Waals surface area contributed by atoms with Crippen molar-refractivity contribution in [3.8, 4) is 11.8 Å². The fourth-order valence-corrected chi connectivity index (χ4v) is 8.60. The molecule has 0 radical (unpaired) electrons. The number of hydrogen-bond acceptors (Lipinski definition) is 7. The van der Waals surface area contributed by atoms with Crippen molar-refractivity contribution in [2.75, 3.05) is 26.7 Å². The molecule has 2 heterocycles. The number of rotatable bonds is 10. The minimum Gasteiger partial charge on any atom is -0.497 e. The van der Waals surface area contributed by atoms with E-state index in [-0.39, 0.29) is 46.9 Å². The number of piperidine rings is 1. The minimum atomic E-state index is -4.09. The lowest BCUT2D eigenvalue weighted by Gasteiger charge is -2.42. The quantitative estimate of drug-likeness (QED) is 0.417. The molecule has 6 atom stereocenters. The second-order valence-corrected chi connectivity index (χ2v) is 15.1. The molecule has 3 aliphatic rings. The molecule has 1 aromatic rings. The number of amides is 3. The van der Waals surface area contributed by atoms with Crippen LogP contribution in [0.15, 0.2) is 29.2 Å².